The van der Waals surface area contributed by atoms with Gasteiger partial charge in [0.25, 0.3) is 0 Å². The van der Waals surface area contributed by atoms with Crippen LogP contribution in [0, 0.1) is 5.92 Å². The van der Waals surface area contributed by atoms with Crippen LogP contribution in [0.1, 0.15) is 37.8 Å². The van der Waals surface area contributed by atoms with Gasteiger partial charge in [-0.25, -0.2) is 0 Å². The van der Waals surface area contributed by atoms with Crippen LogP contribution in [0.3, 0.4) is 0 Å². The number of carbonyl (C=O) groups excluding carboxylic acids is 1. The number of anilines is 1. The molecule has 1 atom stereocenters. The fourth-order valence-electron chi connectivity index (χ4n) is 3.11. The van der Waals surface area contributed by atoms with Crippen molar-refractivity contribution in [2.45, 2.75) is 33.1 Å². The first-order valence-corrected chi connectivity index (χ1v) is 9.16. The molecule has 1 heterocycles. The Morgan fingerprint density at radius 1 is 0.923 bits per heavy atom. The molecule has 3 nitrogen and oxygen atoms in total. The third-order valence-corrected chi connectivity index (χ3v) is 4.56. The Kier molecular flexibility index (Phi) is 5.57. The van der Waals surface area contributed by atoms with Gasteiger partial charge in [0.05, 0.1) is 17.3 Å². The van der Waals surface area contributed by atoms with Gasteiger partial charge in [0.2, 0.25) is 5.91 Å². The van der Waals surface area contributed by atoms with Gasteiger partial charge in [-0.1, -0.05) is 50.2 Å². The summed E-state index contributed by atoms with van der Waals surface area (Å²) >= 11 is 0. The largest absolute Gasteiger partial charge is 0.324 e. The average molecular weight is 346 g/mol. The number of amides is 1. The van der Waals surface area contributed by atoms with E-state index in [0.717, 1.165) is 23.4 Å². The van der Waals surface area contributed by atoms with E-state index in [4.69, 9.17) is 0 Å². The molecule has 0 saturated heterocycles. The standard InChI is InChI=1S/C23H26N2O/c1-17(2)16-19-10-12-20(13-11-19)18(3)23(26)24-21-8-4-5-9-22(21)25-14-6-7-15-25/h4-15,17-18H,16H2,1-3H3,(H,24,26). The van der Waals surface area contributed by atoms with Crippen LogP contribution >= 0.6 is 0 Å². The number of carbonyl (C=O) groups is 1. The van der Waals surface area contributed by atoms with Crippen LogP contribution < -0.4 is 5.32 Å². The van der Waals surface area contributed by atoms with Gasteiger partial charge in [-0.05, 0) is 54.7 Å². The third kappa shape index (κ3) is 4.23. The van der Waals surface area contributed by atoms with E-state index in [1.165, 1.54) is 5.56 Å². The van der Waals surface area contributed by atoms with Crippen molar-refractivity contribution in [1.82, 2.24) is 4.57 Å². The van der Waals surface area contributed by atoms with Crippen molar-refractivity contribution in [3.05, 3.63) is 84.2 Å². The summed E-state index contributed by atoms with van der Waals surface area (Å²) in [5.74, 6) is 0.425. The minimum Gasteiger partial charge on any atom is -0.324 e. The zero-order valence-electron chi connectivity index (χ0n) is 15.6. The summed E-state index contributed by atoms with van der Waals surface area (Å²) in [6.45, 7) is 6.38. The van der Waals surface area contributed by atoms with Gasteiger partial charge in [0.1, 0.15) is 0 Å². The lowest BCUT2D eigenvalue weighted by atomic mass is 9.96. The lowest BCUT2D eigenvalue weighted by Crippen LogP contribution is -2.19. The molecular weight excluding hydrogens is 320 g/mol. The predicted octanol–water partition coefficient (Wildman–Crippen LogP) is 5.42. The lowest BCUT2D eigenvalue weighted by Gasteiger charge is -2.16. The highest BCUT2D eigenvalue weighted by atomic mass is 16.1. The Hall–Kier alpha value is -2.81. The molecule has 1 unspecified atom stereocenters. The van der Waals surface area contributed by atoms with Crippen molar-refractivity contribution >= 4 is 11.6 Å². The zero-order valence-corrected chi connectivity index (χ0v) is 15.6. The number of hydrogen-bond acceptors (Lipinski definition) is 1. The first-order chi connectivity index (χ1) is 12.5. The van der Waals surface area contributed by atoms with Gasteiger partial charge >= 0.3 is 0 Å². The summed E-state index contributed by atoms with van der Waals surface area (Å²) in [4.78, 5) is 12.8. The molecule has 3 aromatic rings. The smallest absolute Gasteiger partial charge is 0.231 e. The van der Waals surface area contributed by atoms with Gasteiger partial charge in [-0.15, -0.1) is 0 Å². The highest BCUT2D eigenvalue weighted by molar-refractivity contribution is 5.97. The molecule has 0 spiro atoms. The van der Waals surface area contributed by atoms with Crippen molar-refractivity contribution in [1.29, 1.82) is 0 Å². The number of nitrogens with zero attached hydrogens (tertiary/aromatic N) is 1. The van der Waals surface area contributed by atoms with Crippen molar-refractivity contribution in [2.24, 2.45) is 5.92 Å². The molecule has 0 aliphatic heterocycles. The monoisotopic (exact) mass is 346 g/mol. The van der Waals surface area contributed by atoms with Crippen LogP contribution in [-0.2, 0) is 11.2 Å². The minimum absolute atomic E-state index is 0.00113. The Morgan fingerprint density at radius 3 is 2.23 bits per heavy atom. The third-order valence-electron chi connectivity index (χ3n) is 4.56. The topological polar surface area (TPSA) is 34.0 Å². The molecule has 0 bridgehead atoms. The van der Waals surface area contributed by atoms with E-state index >= 15 is 0 Å². The number of aromatic nitrogens is 1. The number of para-hydroxylation sites is 2. The van der Waals surface area contributed by atoms with E-state index < -0.39 is 0 Å². The molecular formula is C23H26N2O. The summed E-state index contributed by atoms with van der Waals surface area (Å²) in [6, 6.07) is 20.2. The summed E-state index contributed by atoms with van der Waals surface area (Å²) in [5, 5.41) is 3.08. The summed E-state index contributed by atoms with van der Waals surface area (Å²) in [5.41, 5.74) is 4.13. The highest BCUT2D eigenvalue weighted by Gasteiger charge is 2.17. The maximum absolute atomic E-state index is 12.8. The maximum atomic E-state index is 12.8. The number of benzene rings is 2. The van der Waals surface area contributed by atoms with Gasteiger partial charge < -0.3 is 9.88 Å². The number of nitrogens with one attached hydrogen (secondary N) is 1. The molecule has 0 saturated carbocycles. The lowest BCUT2D eigenvalue weighted by molar-refractivity contribution is -0.117. The van der Waals surface area contributed by atoms with Gasteiger partial charge in [0.15, 0.2) is 0 Å². The molecule has 3 heteroatoms. The van der Waals surface area contributed by atoms with Crippen LogP contribution in [0.2, 0.25) is 0 Å². The Morgan fingerprint density at radius 2 is 1.58 bits per heavy atom. The van der Waals surface area contributed by atoms with Crippen LogP contribution in [0.15, 0.2) is 73.1 Å². The number of rotatable bonds is 6. The van der Waals surface area contributed by atoms with E-state index in [1.54, 1.807) is 0 Å². The second-order valence-electron chi connectivity index (χ2n) is 7.16. The Labute approximate surface area is 155 Å². The zero-order chi connectivity index (χ0) is 18.5. The summed E-state index contributed by atoms with van der Waals surface area (Å²) < 4.78 is 2.00. The van der Waals surface area contributed by atoms with E-state index in [2.05, 4.69) is 43.4 Å². The molecule has 26 heavy (non-hydrogen) atoms. The molecule has 134 valence electrons. The fourth-order valence-corrected chi connectivity index (χ4v) is 3.11. The first-order valence-electron chi connectivity index (χ1n) is 9.16. The second kappa shape index (κ2) is 8.05. The normalized spacial score (nSPS) is 12.2. The van der Waals surface area contributed by atoms with Crippen LogP contribution in [0.5, 0.6) is 0 Å². The van der Waals surface area contributed by atoms with Crippen molar-refractivity contribution in [2.75, 3.05) is 5.32 Å². The number of hydrogen-bond donors (Lipinski definition) is 1. The van der Waals surface area contributed by atoms with Gasteiger partial charge in [0, 0.05) is 12.4 Å². The average Bonchev–Trinajstić information content (AvgIpc) is 3.16. The maximum Gasteiger partial charge on any atom is 0.231 e. The Balaban J connectivity index is 1.74. The summed E-state index contributed by atoms with van der Waals surface area (Å²) in [7, 11) is 0. The highest BCUT2D eigenvalue weighted by Crippen LogP contribution is 2.23. The molecule has 0 aliphatic rings. The van der Waals surface area contributed by atoms with Gasteiger partial charge in [-0.2, -0.15) is 0 Å². The van der Waals surface area contributed by atoms with E-state index in [1.807, 2.05) is 60.3 Å². The van der Waals surface area contributed by atoms with E-state index in [9.17, 15) is 4.79 Å². The molecule has 0 fully saturated rings. The van der Waals surface area contributed by atoms with Crippen LogP contribution in [0.4, 0.5) is 5.69 Å². The van der Waals surface area contributed by atoms with Crippen molar-refractivity contribution in [3.8, 4) is 5.69 Å². The minimum atomic E-state index is -0.208. The van der Waals surface area contributed by atoms with Crippen LogP contribution in [0.25, 0.3) is 5.69 Å². The molecule has 2 aromatic carbocycles. The molecule has 0 aliphatic carbocycles. The van der Waals surface area contributed by atoms with E-state index in [0.29, 0.717) is 5.92 Å². The van der Waals surface area contributed by atoms with Gasteiger partial charge in [-0.3, -0.25) is 4.79 Å². The van der Waals surface area contributed by atoms with Crippen molar-refractivity contribution in [3.63, 3.8) is 0 Å². The Bertz CT molecular complexity index is 848. The fraction of sp³-hybridized carbons (Fsp3) is 0.261. The molecule has 3 rings (SSSR count). The molecule has 1 N–H and O–H groups in total. The van der Waals surface area contributed by atoms with Crippen molar-refractivity contribution < 1.29 is 4.79 Å². The first kappa shape index (κ1) is 18.0. The molecule has 1 aromatic heterocycles. The van der Waals surface area contributed by atoms with E-state index in [-0.39, 0.29) is 11.8 Å². The summed E-state index contributed by atoms with van der Waals surface area (Å²) in [6.07, 6.45) is 5.01. The second-order valence-corrected chi connectivity index (χ2v) is 7.16. The van der Waals surface area contributed by atoms with Crippen LogP contribution in [-0.4, -0.2) is 10.5 Å². The molecule has 1 amide bonds. The predicted molar refractivity (Wildman–Crippen MR) is 108 cm³/mol. The SMILES string of the molecule is CC(C)Cc1ccc(C(C)C(=O)Nc2ccccc2-n2cccc2)cc1. The quantitative estimate of drug-likeness (QED) is 0.635. The molecule has 0 radical (unpaired) electrons.